The summed E-state index contributed by atoms with van der Waals surface area (Å²) < 4.78 is 39.2. The number of benzene rings is 2. The van der Waals surface area contributed by atoms with E-state index in [1.54, 1.807) is 12.1 Å². The second-order valence-corrected chi connectivity index (χ2v) is 9.94. The number of hydrogen-bond acceptors (Lipinski definition) is 5. The van der Waals surface area contributed by atoms with Gasteiger partial charge < -0.3 is 14.8 Å². The summed E-state index contributed by atoms with van der Waals surface area (Å²) in [6.45, 7) is 6.80. The van der Waals surface area contributed by atoms with E-state index >= 15 is 0 Å². The monoisotopic (exact) mass is 460 g/mol. The fourth-order valence-corrected chi connectivity index (χ4v) is 5.45. The maximum atomic E-state index is 13.2. The zero-order valence-corrected chi connectivity index (χ0v) is 20.0. The zero-order chi connectivity index (χ0) is 23.3. The Hall–Kier alpha value is -2.58. The number of methoxy groups -OCH3 is 1. The van der Waals surface area contributed by atoms with Gasteiger partial charge in [-0.3, -0.25) is 4.79 Å². The number of rotatable bonds is 8. The van der Waals surface area contributed by atoms with Crippen molar-refractivity contribution in [3.63, 3.8) is 0 Å². The molecule has 1 amide bonds. The largest absolute Gasteiger partial charge is 0.495 e. The van der Waals surface area contributed by atoms with E-state index in [2.05, 4.69) is 5.32 Å². The number of ether oxygens (including phenoxy) is 2. The number of carbonyl (C=O) groups is 1. The van der Waals surface area contributed by atoms with E-state index < -0.39 is 16.1 Å². The summed E-state index contributed by atoms with van der Waals surface area (Å²) in [6, 6.07) is 10.4. The average molecular weight is 461 g/mol. The van der Waals surface area contributed by atoms with Gasteiger partial charge in [0.15, 0.2) is 6.10 Å². The molecule has 1 aliphatic heterocycles. The van der Waals surface area contributed by atoms with Crippen molar-refractivity contribution >= 4 is 21.6 Å². The Morgan fingerprint density at radius 1 is 1.09 bits per heavy atom. The summed E-state index contributed by atoms with van der Waals surface area (Å²) in [7, 11) is -2.28. The van der Waals surface area contributed by atoms with Gasteiger partial charge in [-0.15, -0.1) is 0 Å². The second-order valence-electron chi connectivity index (χ2n) is 8.03. The second kappa shape index (κ2) is 10.4. The highest BCUT2D eigenvalue weighted by Crippen LogP contribution is 2.31. The molecule has 1 heterocycles. The molecule has 0 aromatic heterocycles. The Morgan fingerprint density at radius 3 is 2.47 bits per heavy atom. The van der Waals surface area contributed by atoms with Crippen molar-refractivity contribution in [2.75, 3.05) is 25.5 Å². The predicted octanol–water partition coefficient (Wildman–Crippen LogP) is 4.28. The van der Waals surface area contributed by atoms with Crippen molar-refractivity contribution in [1.82, 2.24) is 4.31 Å². The van der Waals surface area contributed by atoms with E-state index in [4.69, 9.17) is 9.47 Å². The lowest BCUT2D eigenvalue weighted by Crippen LogP contribution is -2.36. The molecule has 2 aromatic carbocycles. The Labute approximate surface area is 190 Å². The molecule has 1 aliphatic rings. The van der Waals surface area contributed by atoms with Crippen molar-refractivity contribution in [3.8, 4) is 11.5 Å². The van der Waals surface area contributed by atoms with Gasteiger partial charge >= 0.3 is 0 Å². The van der Waals surface area contributed by atoms with Crippen LogP contribution in [0, 0.1) is 13.8 Å². The van der Waals surface area contributed by atoms with Gasteiger partial charge in [-0.1, -0.05) is 25.5 Å². The number of nitrogens with one attached hydrogen (secondary N) is 1. The van der Waals surface area contributed by atoms with Gasteiger partial charge in [0.1, 0.15) is 16.4 Å². The van der Waals surface area contributed by atoms with Gasteiger partial charge in [-0.05, 0) is 68.5 Å². The molecule has 1 N–H and O–H groups in total. The van der Waals surface area contributed by atoms with Gasteiger partial charge in [-0.2, -0.15) is 4.31 Å². The van der Waals surface area contributed by atoms with Crippen molar-refractivity contribution < 1.29 is 22.7 Å². The molecule has 32 heavy (non-hydrogen) atoms. The molecule has 0 aliphatic carbocycles. The Balaban J connectivity index is 1.82. The van der Waals surface area contributed by atoms with E-state index in [-0.39, 0.29) is 16.6 Å². The Morgan fingerprint density at radius 2 is 1.81 bits per heavy atom. The summed E-state index contributed by atoms with van der Waals surface area (Å²) in [5.41, 5.74) is 2.45. The molecule has 0 saturated carbocycles. The van der Waals surface area contributed by atoms with Crippen molar-refractivity contribution in [1.29, 1.82) is 0 Å². The van der Waals surface area contributed by atoms with Gasteiger partial charge in [0.05, 0.1) is 7.11 Å². The Kier molecular flexibility index (Phi) is 7.79. The lowest BCUT2D eigenvalue weighted by molar-refractivity contribution is -0.122. The lowest BCUT2D eigenvalue weighted by atomic mass is 10.1. The minimum absolute atomic E-state index is 0.0585. The SMILES string of the molecule is CCC(Oc1cccc(C)c1C)C(=O)Nc1ccc(OC)c(S(=O)(=O)N2CCCCC2)c1. The van der Waals surface area contributed by atoms with Crippen LogP contribution in [0.5, 0.6) is 11.5 Å². The topological polar surface area (TPSA) is 84.9 Å². The van der Waals surface area contributed by atoms with Crippen LogP contribution < -0.4 is 14.8 Å². The molecule has 1 atom stereocenters. The van der Waals surface area contributed by atoms with Crippen LogP contribution in [0.25, 0.3) is 0 Å². The minimum atomic E-state index is -3.72. The van der Waals surface area contributed by atoms with Crippen LogP contribution in [-0.4, -0.2) is 44.9 Å². The fourth-order valence-electron chi connectivity index (χ4n) is 3.75. The number of piperidine rings is 1. The molecule has 2 aromatic rings. The molecule has 7 nitrogen and oxygen atoms in total. The molecule has 174 valence electrons. The van der Waals surface area contributed by atoms with Crippen molar-refractivity contribution in [2.45, 2.75) is 57.5 Å². The number of hydrogen-bond donors (Lipinski definition) is 1. The van der Waals surface area contributed by atoms with Crippen LogP contribution in [-0.2, 0) is 14.8 Å². The summed E-state index contributed by atoms with van der Waals surface area (Å²) in [5, 5.41) is 2.81. The number of carbonyl (C=O) groups excluding carboxylic acids is 1. The molecule has 0 radical (unpaired) electrons. The minimum Gasteiger partial charge on any atom is -0.495 e. The molecule has 8 heteroatoms. The molecule has 1 fully saturated rings. The number of aryl methyl sites for hydroxylation is 1. The zero-order valence-electron chi connectivity index (χ0n) is 19.2. The van der Waals surface area contributed by atoms with Gasteiger partial charge in [0.2, 0.25) is 10.0 Å². The van der Waals surface area contributed by atoms with E-state index in [1.807, 2.05) is 39.0 Å². The quantitative estimate of drug-likeness (QED) is 0.635. The number of sulfonamides is 1. The van der Waals surface area contributed by atoms with Crippen LogP contribution >= 0.6 is 0 Å². The smallest absolute Gasteiger partial charge is 0.265 e. The third kappa shape index (κ3) is 5.24. The number of nitrogens with zero attached hydrogens (tertiary/aromatic N) is 1. The molecular formula is C24H32N2O5S. The molecule has 3 rings (SSSR count). The first-order chi connectivity index (χ1) is 15.3. The van der Waals surface area contributed by atoms with E-state index in [9.17, 15) is 13.2 Å². The first-order valence-corrected chi connectivity index (χ1v) is 12.4. The first kappa shape index (κ1) is 24.1. The van der Waals surface area contributed by atoms with Crippen LogP contribution in [0.15, 0.2) is 41.3 Å². The standard InChI is InChI=1S/C24H32N2O5S/c1-5-20(31-21-11-9-10-17(2)18(21)3)24(27)25-19-12-13-22(30-4)23(16-19)32(28,29)26-14-7-6-8-15-26/h9-13,16,20H,5-8,14-15H2,1-4H3,(H,25,27). The van der Waals surface area contributed by atoms with E-state index in [1.165, 1.54) is 17.5 Å². The third-order valence-electron chi connectivity index (χ3n) is 5.85. The summed E-state index contributed by atoms with van der Waals surface area (Å²) in [4.78, 5) is 13.0. The third-order valence-corrected chi connectivity index (χ3v) is 7.77. The van der Waals surface area contributed by atoms with Gasteiger partial charge in [-0.25, -0.2) is 8.42 Å². The van der Waals surface area contributed by atoms with Gasteiger partial charge in [0, 0.05) is 18.8 Å². The first-order valence-electron chi connectivity index (χ1n) is 11.0. The van der Waals surface area contributed by atoms with Crippen LogP contribution in [0.4, 0.5) is 5.69 Å². The molecule has 1 unspecified atom stereocenters. The van der Waals surface area contributed by atoms with Crippen molar-refractivity contribution in [2.24, 2.45) is 0 Å². The van der Waals surface area contributed by atoms with Crippen LogP contribution in [0.3, 0.4) is 0 Å². The van der Waals surface area contributed by atoms with Crippen LogP contribution in [0.2, 0.25) is 0 Å². The predicted molar refractivity (Wildman–Crippen MR) is 125 cm³/mol. The highest BCUT2D eigenvalue weighted by atomic mass is 32.2. The highest BCUT2D eigenvalue weighted by Gasteiger charge is 2.29. The lowest BCUT2D eigenvalue weighted by Gasteiger charge is -2.26. The summed E-state index contributed by atoms with van der Waals surface area (Å²) in [5.74, 6) is 0.585. The number of amides is 1. The number of anilines is 1. The van der Waals surface area contributed by atoms with E-state index in [0.29, 0.717) is 30.9 Å². The average Bonchev–Trinajstić information content (AvgIpc) is 2.80. The summed E-state index contributed by atoms with van der Waals surface area (Å²) >= 11 is 0. The Bertz CT molecular complexity index is 1060. The van der Waals surface area contributed by atoms with E-state index in [0.717, 1.165) is 30.4 Å². The normalized spacial score (nSPS) is 15.8. The molecular weight excluding hydrogens is 428 g/mol. The summed E-state index contributed by atoms with van der Waals surface area (Å²) in [6.07, 6.45) is 2.46. The maximum Gasteiger partial charge on any atom is 0.265 e. The maximum absolute atomic E-state index is 13.2. The van der Waals surface area contributed by atoms with Crippen molar-refractivity contribution in [3.05, 3.63) is 47.5 Å². The molecule has 0 bridgehead atoms. The molecule has 1 saturated heterocycles. The fraction of sp³-hybridized carbons (Fsp3) is 0.458. The molecule has 0 spiro atoms. The van der Waals surface area contributed by atoms with Crippen LogP contribution in [0.1, 0.15) is 43.7 Å². The highest BCUT2D eigenvalue weighted by molar-refractivity contribution is 7.89. The van der Waals surface area contributed by atoms with Gasteiger partial charge in [0.25, 0.3) is 5.91 Å².